The van der Waals surface area contributed by atoms with Crippen LogP contribution in [0.2, 0.25) is 5.02 Å². The first kappa shape index (κ1) is 22.5. The highest BCUT2D eigenvalue weighted by Crippen LogP contribution is 2.33. The monoisotopic (exact) mass is 460 g/mol. The Morgan fingerprint density at radius 1 is 1.26 bits per heavy atom. The fourth-order valence-corrected chi connectivity index (χ4v) is 4.59. The van der Waals surface area contributed by atoms with E-state index in [1.54, 1.807) is 30.3 Å². The van der Waals surface area contributed by atoms with Crippen LogP contribution in [0, 0.1) is 0 Å². The number of ether oxygens (including phenoxy) is 1. The van der Waals surface area contributed by atoms with Gasteiger partial charge in [-0.1, -0.05) is 29.8 Å². The van der Waals surface area contributed by atoms with Gasteiger partial charge in [-0.05, 0) is 36.4 Å². The Bertz CT molecular complexity index is 1180. The molecule has 0 spiro atoms. The van der Waals surface area contributed by atoms with Crippen molar-refractivity contribution in [3.63, 3.8) is 0 Å². The van der Waals surface area contributed by atoms with Crippen LogP contribution in [0.1, 0.15) is 15.9 Å². The first-order valence-electron chi connectivity index (χ1n) is 9.24. The van der Waals surface area contributed by atoms with Crippen LogP contribution in [-0.2, 0) is 16.6 Å². The summed E-state index contributed by atoms with van der Waals surface area (Å²) in [5.74, 6) is -0.115. The van der Waals surface area contributed by atoms with Crippen molar-refractivity contribution >= 4 is 33.2 Å². The maximum absolute atomic E-state index is 13.5. The highest BCUT2D eigenvalue weighted by molar-refractivity contribution is 7.92. The van der Waals surface area contributed by atoms with Crippen molar-refractivity contribution in [3.05, 3.63) is 89.9 Å². The molecule has 9 heteroatoms. The minimum atomic E-state index is -4.05. The van der Waals surface area contributed by atoms with Crippen LogP contribution in [-0.4, -0.2) is 28.0 Å². The normalized spacial score (nSPS) is 11.0. The number of anilines is 1. The third-order valence-electron chi connectivity index (χ3n) is 4.45. The zero-order valence-electron chi connectivity index (χ0n) is 16.7. The molecule has 0 saturated heterocycles. The maximum Gasteiger partial charge on any atom is 0.264 e. The lowest BCUT2D eigenvalue weighted by Gasteiger charge is -2.25. The summed E-state index contributed by atoms with van der Waals surface area (Å²) in [5, 5.41) is 2.83. The average molecular weight is 461 g/mol. The van der Waals surface area contributed by atoms with Gasteiger partial charge in [0.1, 0.15) is 5.75 Å². The van der Waals surface area contributed by atoms with E-state index in [2.05, 4.69) is 11.9 Å². The molecule has 3 rings (SSSR count). The molecule has 0 atom stereocenters. The molecule has 2 aromatic carbocycles. The van der Waals surface area contributed by atoms with Gasteiger partial charge in [0.05, 0.1) is 47.3 Å². The number of nitrogens with one attached hydrogen (secondary N) is 1. The number of methoxy groups -OCH3 is 1. The molecule has 1 N–H and O–H groups in total. The number of carbonyl (C=O) groups is 1. The number of amides is 1. The predicted molar refractivity (Wildman–Crippen MR) is 119 cm³/mol. The number of para-hydroxylation sites is 2. The van der Waals surface area contributed by atoms with Crippen LogP contribution < -0.4 is 14.4 Å². The zero-order valence-corrected chi connectivity index (χ0v) is 18.3. The second-order valence-electron chi connectivity index (χ2n) is 6.45. The lowest BCUT2D eigenvalue weighted by atomic mass is 10.2. The molecule has 162 valence electrons. The van der Waals surface area contributed by atoms with Gasteiger partial charge in [0.2, 0.25) is 0 Å². The van der Waals surface area contributed by atoms with Gasteiger partial charge in [0.25, 0.3) is 15.9 Å². The summed E-state index contributed by atoms with van der Waals surface area (Å²) in [7, 11) is -2.59. The first-order valence-corrected chi connectivity index (χ1v) is 11.1. The van der Waals surface area contributed by atoms with Gasteiger partial charge in [-0.25, -0.2) is 8.42 Å². The minimum Gasteiger partial charge on any atom is -0.495 e. The van der Waals surface area contributed by atoms with Gasteiger partial charge in [-0.2, -0.15) is 0 Å². The van der Waals surface area contributed by atoms with Crippen molar-refractivity contribution in [2.24, 2.45) is 0 Å². The lowest BCUT2D eigenvalue weighted by molar-refractivity contribution is 0.0951. The van der Waals surface area contributed by atoms with Gasteiger partial charge in [0.15, 0.2) is 0 Å². The number of nitrogens with zero attached hydrogens (tertiary/aromatic N) is 1. The molecule has 0 radical (unpaired) electrons. The van der Waals surface area contributed by atoms with E-state index >= 15 is 0 Å². The Morgan fingerprint density at radius 3 is 2.71 bits per heavy atom. The van der Waals surface area contributed by atoms with Crippen LogP contribution in [0.3, 0.4) is 0 Å². The van der Waals surface area contributed by atoms with Gasteiger partial charge in [-0.3, -0.25) is 9.10 Å². The quantitative estimate of drug-likeness (QED) is 0.482. The molecule has 1 amide bonds. The van der Waals surface area contributed by atoms with E-state index in [0.29, 0.717) is 11.4 Å². The molecule has 0 bridgehead atoms. The van der Waals surface area contributed by atoms with Gasteiger partial charge in [-0.15, -0.1) is 6.58 Å². The second-order valence-corrected chi connectivity index (χ2v) is 8.72. The Kier molecular flexibility index (Phi) is 7.04. The maximum atomic E-state index is 13.5. The Hall–Kier alpha value is -3.23. The van der Waals surface area contributed by atoms with E-state index in [1.165, 1.54) is 43.9 Å². The zero-order chi connectivity index (χ0) is 22.4. The molecule has 31 heavy (non-hydrogen) atoms. The third-order valence-corrected chi connectivity index (χ3v) is 6.56. The number of furan rings is 1. The number of benzene rings is 2. The number of halogens is 1. The highest BCUT2D eigenvalue weighted by Gasteiger charge is 2.27. The van der Waals surface area contributed by atoms with Crippen molar-refractivity contribution in [3.8, 4) is 5.75 Å². The average Bonchev–Trinajstić information content (AvgIpc) is 3.29. The summed E-state index contributed by atoms with van der Waals surface area (Å²) in [6.45, 7) is 3.88. The van der Waals surface area contributed by atoms with Crippen LogP contribution in [0.4, 0.5) is 5.69 Å². The largest absolute Gasteiger partial charge is 0.495 e. The van der Waals surface area contributed by atoms with E-state index in [4.69, 9.17) is 20.8 Å². The molecular formula is C22H21ClN2O5S. The Morgan fingerprint density at radius 2 is 2.03 bits per heavy atom. The fraction of sp³-hybridized carbons (Fsp3) is 0.136. The minimum absolute atomic E-state index is 0.00729. The fourth-order valence-electron chi connectivity index (χ4n) is 2.92. The summed E-state index contributed by atoms with van der Waals surface area (Å²) in [4.78, 5) is 12.6. The van der Waals surface area contributed by atoms with Gasteiger partial charge in [0, 0.05) is 12.1 Å². The summed E-state index contributed by atoms with van der Waals surface area (Å²) < 4.78 is 38.4. The molecule has 0 saturated carbocycles. The third kappa shape index (κ3) is 4.92. The van der Waals surface area contributed by atoms with Crippen molar-refractivity contribution in [1.29, 1.82) is 0 Å². The number of hydrogen-bond donors (Lipinski definition) is 1. The summed E-state index contributed by atoms with van der Waals surface area (Å²) in [6.07, 6.45) is 4.47. The van der Waals surface area contributed by atoms with Crippen LogP contribution in [0.5, 0.6) is 5.75 Å². The predicted octanol–water partition coefficient (Wildman–Crippen LogP) is 4.25. The van der Waals surface area contributed by atoms with E-state index in [-0.39, 0.29) is 28.6 Å². The Balaban J connectivity index is 1.96. The molecular weight excluding hydrogens is 440 g/mol. The number of carbonyl (C=O) groups excluding carboxylic acids is 1. The molecule has 0 unspecified atom stereocenters. The smallest absolute Gasteiger partial charge is 0.264 e. The molecule has 0 aliphatic rings. The van der Waals surface area contributed by atoms with Crippen LogP contribution in [0.25, 0.3) is 0 Å². The summed E-state index contributed by atoms with van der Waals surface area (Å²) >= 11 is 6.18. The topological polar surface area (TPSA) is 88.8 Å². The second kappa shape index (κ2) is 9.72. The van der Waals surface area contributed by atoms with Crippen LogP contribution >= 0.6 is 11.6 Å². The molecule has 7 nitrogen and oxygen atoms in total. The van der Waals surface area contributed by atoms with E-state index in [1.807, 2.05) is 0 Å². The van der Waals surface area contributed by atoms with Gasteiger partial charge < -0.3 is 14.5 Å². The molecule has 1 heterocycles. The standard InChI is InChI=1S/C22H21ClN2O5S/c1-3-11-25(20-6-4-5-7-21(20)29-2)31(27,28)17-8-9-19(23)18(13-17)22(26)24-14-16-10-12-30-15-16/h3-10,12-13,15H,1,11,14H2,2H3,(H,24,26). The van der Waals surface area contributed by atoms with Crippen molar-refractivity contribution in [1.82, 2.24) is 5.32 Å². The number of rotatable bonds is 9. The lowest BCUT2D eigenvalue weighted by Crippen LogP contribution is -2.32. The van der Waals surface area contributed by atoms with E-state index in [0.717, 1.165) is 9.87 Å². The van der Waals surface area contributed by atoms with Gasteiger partial charge >= 0.3 is 0 Å². The van der Waals surface area contributed by atoms with Crippen molar-refractivity contribution < 1.29 is 22.4 Å². The number of hydrogen-bond acceptors (Lipinski definition) is 5. The summed E-state index contributed by atoms with van der Waals surface area (Å²) in [6, 6.07) is 12.5. The van der Waals surface area contributed by atoms with Crippen LogP contribution in [0.15, 0.2) is 83.0 Å². The first-order chi connectivity index (χ1) is 14.9. The highest BCUT2D eigenvalue weighted by atomic mass is 35.5. The summed E-state index contributed by atoms with van der Waals surface area (Å²) in [5.41, 5.74) is 1.16. The molecule has 0 fully saturated rings. The Labute approximate surface area is 185 Å². The molecule has 0 aliphatic carbocycles. The molecule has 3 aromatic rings. The molecule has 0 aliphatic heterocycles. The SMILES string of the molecule is C=CCN(c1ccccc1OC)S(=O)(=O)c1ccc(Cl)c(C(=O)NCc2ccoc2)c1. The number of sulfonamides is 1. The van der Waals surface area contributed by atoms with Crippen molar-refractivity contribution in [2.75, 3.05) is 18.0 Å². The van der Waals surface area contributed by atoms with Crippen molar-refractivity contribution in [2.45, 2.75) is 11.4 Å². The van der Waals surface area contributed by atoms with E-state index in [9.17, 15) is 13.2 Å². The van der Waals surface area contributed by atoms with E-state index < -0.39 is 15.9 Å². The molecule has 1 aromatic heterocycles.